The molecular formula is C8H16BO2. The zero-order valence-electron chi connectivity index (χ0n) is 7.97. The number of hydrogen-bond acceptors (Lipinski definition) is 2. The van der Waals surface area contributed by atoms with E-state index in [1.165, 1.54) is 0 Å². The van der Waals surface area contributed by atoms with Gasteiger partial charge < -0.3 is 4.74 Å². The number of carbonyl (C=O) groups is 1. The smallest absolute Gasteiger partial charge is 0.301 e. The maximum Gasteiger partial charge on any atom is 0.301 e. The van der Waals surface area contributed by atoms with Gasteiger partial charge in [0.1, 0.15) is 12.9 Å². The van der Waals surface area contributed by atoms with Crippen LogP contribution >= 0.6 is 0 Å². The summed E-state index contributed by atoms with van der Waals surface area (Å²) in [5.41, 5.74) is -0.367. The highest BCUT2D eigenvalue weighted by molar-refractivity contribution is 6.41. The summed E-state index contributed by atoms with van der Waals surface area (Å²) in [5, 5.41) is 0. The Labute approximate surface area is 69.6 Å². The Balaban J connectivity index is 3.88. The van der Waals surface area contributed by atoms with Crippen molar-refractivity contribution in [2.75, 3.05) is 0 Å². The van der Waals surface area contributed by atoms with Crippen LogP contribution < -0.4 is 0 Å². The third kappa shape index (κ3) is 4.88. The second kappa shape index (κ2) is 3.79. The molecule has 0 saturated heterocycles. The van der Waals surface area contributed by atoms with Crippen molar-refractivity contribution in [3.05, 3.63) is 0 Å². The standard InChI is InChI=1S/C8H16BO2/c1-6(9-5)7(10)11-8(2,3)4/h6H,1-5H3. The van der Waals surface area contributed by atoms with Gasteiger partial charge in [0.15, 0.2) is 0 Å². The van der Waals surface area contributed by atoms with Gasteiger partial charge in [-0.05, 0) is 20.8 Å². The monoisotopic (exact) mass is 155 g/mol. The second-order valence-electron chi connectivity index (χ2n) is 3.66. The SMILES string of the molecule is C[B]C(C)C(=O)OC(C)(C)C. The molecule has 0 spiro atoms. The van der Waals surface area contributed by atoms with Gasteiger partial charge in [-0.15, -0.1) is 0 Å². The first-order valence-corrected chi connectivity index (χ1v) is 3.89. The molecule has 1 atom stereocenters. The molecule has 0 N–H and O–H groups in total. The molecule has 2 nitrogen and oxygen atoms in total. The molecule has 0 aliphatic rings. The van der Waals surface area contributed by atoms with E-state index in [-0.39, 0.29) is 17.4 Å². The van der Waals surface area contributed by atoms with Crippen LogP contribution in [0.15, 0.2) is 0 Å². The lowest BCUT2D eigenvalue weighted by Gasteiger charge is -2.21. The molecule has 0 aliphatic carbocycles. The minimum Gasteiger partial charge on any atom is -0.460 e. The first-order chi connectivity index (χ1) is 4.87. The quantitative estimate of drug-likeness (QED) is 0.449. The minimum absolute atomic E-state index is 0.103. The fourth-order valence-electron chi connectivity index (χ4n) is 0.531. The van der Waals surface area contributed by atoms with Crippen molar-refractivity contribution in [2.24, 2.45) is 0 Å². The molecule has 11 heavy (non-hydrogen) atoms. The number of rotatable bonds is 2. The molecule has 0 aromatic rings. The van der Waals surface area contributed by atoms with Crippen molar-refractivity contribution in [1.29, 1.82) is 0 Å². The lowest BCUT2D eigenvalue weighted by Crippen LogP contribution is -2.26. The summed E-state index contributed by atoms with van der Waals surface area (Å²) in [6.07, 6.45) is 0. The van der Waals surface area contributed by atoms with E-state index in [1.807, 2.05) is 41.8 Å². The number of ether oxygens (including phenoxy) is 1. The summed E-state index contributed by atoms with van der Waals surface area (Å²) in [6.45, 7) is 9.29. The molecule has 0 rings (SSSR count). The lowest BCUT2D eigenvalue weighted by molar-refractivity contribution is -0.154. The molecule has 0 aromatic heterocycles. The Hall–Kier alpha value is -0.465. The highest BCUT2D eigenvalue weighted by Crippen LogP contribution is 2.13. The summed E-state index contributed by atoms with van der Waals surface area (Å²) >= 11 is 0. The molecule has 1 radical (unpaired) electrons. The Morgan fingerprint density at radius 2 is 1.91 bits per heavy atom. The minimum atomic E-state index is -0.367. The normalized spacial score (nSPS) is 13.9. The van der Waals surface area contributed by atoms with E-state index in [0.29, 0.717) is 0 Å². The first-order valence-electron chi connectivity index (χ1n) is 3.89. The van der Waals surface area contributed by atoms with Crippen LogP contribution in [0.2, 0.25) is 12.6 Å². The lowest BCUT2D eigenvalue weighted by atomic mass is 9.68. The summed E-state index contributed by atoms with van der Waals surface area (Å²) in [6, 6.07) is 0. The molecule has 0 aliphatic heterocycles. The molecule has 0 heterocycles. The van der Waals surface area contributed by atoms with Crippen LogP contribution in [-0.2, 0) is 9.53 Å². The van der Waals surface area contributed by atoms with Gasteiger partial charge in [0, 0.05) is 5.82 Å². The molecule has 1 unspecified atom stereocenters. The highest BCUT2D eigenvalue weighted by Gasteiger charge is 2.20. The van der Waals surface area contributed by atoms with Gasteiger partial charge in [0.05, 0.1) is 0 Å². The van der Waals surface area contributed by atoms with E-state index in [4.69, 9.17) is 4.74 Å². The van der Waals surface area contributed by atoms with E-state index in [9.17, 15) is 4.79 Å². The van der Waals surface area contributed by atoms with Gasteiger partial charge in [-0.3, -0.25) is 4.79 Å². The number of hydrogen-bond donors (Lipinski definition) is 0. The topological polar surface area (TPSA) is 26.3 Å². The van der Waals surface area contributed by atoms with E-state index < -0.39 is 0 Å². The van der Waals surface area contributed by atoms with E-state index in [2.05, 4.69) is 0 Å². The van der Waals surface area contributed by atoms with Crippen LogP contribution in [0.4, 0.5) is 0 Å². The predicted molar refractivity (Wildman–Crippen MR) is 46.9 cm³/mol. The zero-order valence-corrected chi connectivity index (χ0v) is 7.97. The van der Waals surface area contributed by atoms with Gasteiger partial charge in [0.2, 0.25) is 0 Å². The Morgan fingerprint density at radius 1 is 1.45 bits per heavy atom. The third-order valence-corrected chi connectivity index (χ3v) is 1.28. The maximum atomic E-state index is 11.1. The molecule has 3 heteroatoms. The Bertz CT molecular complexity index is 138. The molecule has 0 amide bonds. The van der Waals surface area contributed by atoms with Crippen molar-refractivity contribution in [2.45, 2.75) is 45.9 Å². The number of carbonyl (C=O) groups excluding carboxylic acids is 1. The molecule has 0 aromatic carbocycles. The van der Waals surface area contributed by atoms with Gasteiger partial charge in [-0.2, -0.15) is 0 Å². The fourth-order valence-corrected chi connectivity index (χ4v) is 0.531. The van der Waals surface area contributed by atoms with Crippen molar-refractivity contribution < 1.29 is 9.53 Å². The molecule has 0 saturated carbocycles. The fraction of sp³-hybridized carbons (Fsp3) is 0.875. The van der Waals surface area contributed by atoms with Gasteiger partial charge in [0.25, 0.3) is 0 Å². The Morgan fingerprint density at radius 3 is 2.18 bits per heavy atom. The van der Waals surface area contributed by atoms with Crippen LogP contribution in [0, 0.1) is 0 Å². The molecular weight excluding hydrogens is 139 g/mol. The molecule has 0 bridgehead atoms. The van der Waals surface area contributed by atoms with Crippen molar-refractivity contribution in [3.8, 4) is 0 Å². The largest absolute Gasteiger partial charge is 0.460 e. The maximum absolute atomic E-state index is 11.1. The van der Waals surface area contributed by atoms with E-state index in [1.54, 1.807) is 0 Å². The van der Waals surface area contributed by atoms with Gasteiger partial charge >= 0.3 is 5.97 Å². The van der Waals surface area contributed by atoms with E-state index >= 15 is 0 Å². The summed E-state index contributed by atoms with van der Waals surface area (Å²) in [7, 11) is 1.83. The van der Waals surface area contributed by atoms with Gasteiger partial charge in [-0.1, -0.05) is 13.7 Å². The van der Waals surface area contributed by atoms with E-state index in [0.717, 1.165) is 0 Å². The molecule has 63 valence electrons. The second-order valence-corrected chi connectivity index (χ2v) is 3.66. The first kappa shape index (κ1) is 10.5. The van der Waals surface area contributed by atoms with Crippen molar-refractivity contribution in [1.82, 2.24) is 0 Å². The van der Waals surface area contributed by atoms with Crippen LogP contribution in [0.1, 0.15) is 27.7 Å². The Kier molecular flexibility index (Phi) is 3.63. The van der Waals surface area contributed by atoms with Crippen molar-refractivity contribution >= 4 is 13.2 Å². The average Bonchev–Trinajstić information content (AvgIpc) is 1.82. The van der Waals surface area contributed by atoms with Crippen LogP contribution in [0.25, 0.3) is 0 Å². The molecule has 0 fully saturated rings. The number of esters is 1. The van der Waals surface area contributed by atoms with Crippen LogP contribution in [0.5, 0.6) is 0 Å². The van der Waals surface area contributed by atoms with Crippen LogP contribution in [0.3, 0.4) is 0 Å². The summed E-state index contributed by atoms with van der Waals surface area (Å²) < 4.78 is 5.12. The summed E-state index contributed by atoms with van der Waals surface area (Å²) in [4.78, 5) is 11.1. The van der Waals surface area contributed by atoms with Crippen LogP contribution in [-0.4, -0.2) is 18.8 Å². The highest BCUT2D eigenvalue weighted by atomic mass is 16.6. The predicted octanol–water partition coefficient (Wildman–Crippen LogP) is 1.89. The van der Waals surface area contributed by atoms with Crippen molar-refractivity contribution in [3.63, 3.8) is 0 Å². The summed E-state index contributed by atoms with van der Waals surface area (Å²) in [5.74, 6) is -0.255. The average molecular weight is 155 g/mol. The van der Waals surface area contributed by atoms with Gasteiger partial charge in [-0.25, -0.2) is 0 Å². The zero-order chi connectivity index (χ0) is 9.07. The third-order valence-electron chi connectivity index (χ3n) is 1.28.